The number of amides is 1. The summed E-state index contributed by atoms with van der Waals surface area (Å²) in [5.74, 6) is -0.737. The maximum Gasteiger partial charge on any atom is 0.257 e. The van der Waals surface area contributed by atoms with Crippen molar-refractivity contribution in [3.63, 3.8) is 0 Å². The van der Waals surface area contributed by atoms with Gasteiger partial charge >= 0.3 is 0 Å². The average Bonchev–Trinajstić information content (AvgIpc) is 2.90. The fourth-order valence-electron chi connectivity index (χ4n) is 3.81. The second kappa shape index (κ2) is 8.17. The molecule has 1 saturated heterocycles. The molecule has 30 heavy (non-hydrogen) atoms. The Labute approximate surface area is 172 Å². The van der Waals surface area contributed by atoms with Crippen LogP contribution in [0.4, 0.5) is 14.6 Å². The summed E-state index contributed by atoms with van der Waals surface area (Å²) < 4.78 is 28.9. The Morgan fingerprint density at radius 1 is 1.07 bits per heavy atom. The highest BCUT2D eigenvalue weighted by atomic mass is 19.1. The van der Waals surface area contributed by atoms with Crippen molar-refractivity contribution in [3.05, 3.63) is 65.1 Å². The van der Waals surface area contributed by atoms with Gasteiger partial charge in [0.1, 0.15) is 11.5 Å². The number of rotatable bonds is 3. The molecular weight excluding hydrogens is 390 g/mol. The number of aryl methyl sites for hydroxylation is 1. The molecule has 9 heteroatoms. The van der Waals surface area contributed by atoms with Gasteiger partial charge in [0, 0.05) is 38.4 Å². The first-order chi connectivity index (χ1) is 14.5. The van der Waals surface area contributed by atoms with Crippen LogP contribution in [0.1, 0.15) is 28.2 Å². The Morgan fingerprint density at radius 3 is 2.63 bits per heavy atom. The Morgan fingerprint density at radius 2 is 1.90 bits per heavy atom. The van der Waals surface area contributed by atoms with Crippen LogP contribution in [-0.2, 0) is 0 Å². The molecule has 1 fully saturated rings. The smallest absolute Gasteiger partial charge is 0.257 e. The number of hydrogen-bond donors (Lipinski definition) is 0. The van der Waals surface area contributed by atoms with Gasteiger partial charge in [-0.05, 0) is 44.5 Å². The number of carbonyl (C=O) groups is 1. The number of anilines is 1. The van der Waals surface area contributed by atoms with Crippen LogP contribution < -0.4 is 4.90 Å². The van der Waals surface area contributed by atoms with Crippen molar-refractivity contribution >= 4 is 11.7 Å². The lowest BCUT2D eigenvalue weighted by atomic mass is 10.1. The zero-order chi connectivity index (χ0) is 21.3. The van der Waals surface area contributed by atoms with Crippen LogP contribution in [0.25, 0.3) is 5.69 Å². The summed E-state index contributed by atoms with van der Waals surface area (Å²) in [6.07, 6.45) is 2.42. The number of halogens is 2. The number of nitrogens with zero attached hydrogens (tertiary/aromatic N) is 6. The molecule has 3 aromatic rings. The highest BCUT2D eigenvalue weighted by Gasteiger charge is 2.27. The molecule has 0 radical (unpaired) electrons. The first-order valence-corrected chi connectivity index (χ1v) is 9.79. The van der Waals surface area contributed by atoms with Crippen molar-refractivity contribution in [2.45, 2.75) is 20.3 Å². The Bertz CT molecular complexity index is 1070. The third-order valence-corrected chi connectivity index (χ3v) is 5.31. The van der Waals surface area contributed by atoms with E-state index in [-0.39, 0.29) is 11.6 Å². The second-order valence-electron chi connectivity index (χ2n) is 7.27. The monoisotopic (exact) mass is 412 g/mol. The van der Waals surface area contributed by atoms with Crippen LogP contribution in [0.5, 0.6) is 0 Å². The normalized spacial score (nSPS) is 14.7. The van der Waals surface area contributed by atoms with Gasteiger partial charge in [0.05, 0.1) is 17.0 Å². The summed E-state index contributed by atoms with van der Waals surface area (Å²) >= 11 is 0. The summed E-state index contributed by atoms with van der Waals surface area (Å²) in [5, 5.41) is 12.4. The lowest BCUT2D eigenvalue weighted by Crippen LogP contribution is -2.36. The molecule has 0 bridgehead atoms. The zero-order valence-electron chi connectivity index (χ0n) is 16.8. The number of aromatic nitrogens is 4. The summed E-state index contributed by atoms with van der Waals surface area (Å²) in [6.45, 7) is 6.00. The first kappa shape index (κ1) is 19.9. The molecule has 0 aliphatic carbocycles. The van der Waals surface area contributed by atoms with E-state index in [0.29, 0.717) is 36.6 Å². The maximum atomic E-state index is 14.3. The molecule has 0 unspecified atom stereocenters. The molecule has 1 aliphatic rings. The fourth-order valence-corrected chi connectivity index (χ4v) is 3.81. The minimum Gasteiger partial charge on any atom is -0.353 e. The van der Waals surface area contributed by atoms with E-state index in [0.717, 1.165) is 24.8 Å². The predicted octanol–water partition coefficient (Wildman–Crippen LogP) is 2.91. The van der Waals surface area contributed by atoms with Gasteiger partial charge in [-0.1, -0.05) is 0 Å². The quantitative estimate of drug-likeness (QED) is 0.662. The molecule has 1 aliphatic heterocycles. The van der Waals surface area contributed by atoms with Crippen molar-refractivity contribution < 1.29 is 13.6 Å². The van der Waals surface area contributed by atoms with E-state index in [1.165, 1.54) is 16.8 Å². The maximum absolute atomic E-state index is 14.3. The lowest BCUT2D eigenvalue weighted by molar-refractivity contribution is 0.0765. The Hall–Kier alpha value is -3.36. The molecule has 7 nitrogen and oxygen atoms in total. The van der Waals surface area contributed by atoms with Crippen LogP contribution in [0, 0.1) is 25.5 Å². The van der Waals surface area contributed by atoms with Crippen molar-refractivity contribution in [1.82, 2.24) is 24.9 Å². The Kier molecular flexibility index (Phi) is 5.43. The van der Waals surface area contributed by atoms with Crippen molar-refractivity contribution in [3.8, 4) is 5.69 Å². The van der Waals surface area contributed by atoms with E-state index in [1.807, 2.05) is 12.1 Å². The van der Waals surface area contributed by atoms with E-state index < -0.39 is 11.6 Å². The van der Waals surface area contributed by atoms with Crippen LogP contribution in [-0.4, -0.2) is 57.0 Å². The van der Waals surface area contributed by atoms with Gasteiger partial charge in [-0.15, -0.1) is 5.10 Å². The third kappa shape index (κ3) is 3.74. The standard InChI is InChI=1S/C21H22F2N6O/c1-14-20(15(2)29(26-14)18-7-6-16(22)13-17(18)23)21(30)28-10-4-9-27(11-12-28)19-5-3-8-24-25-19/h3,5-8,13H,4,9-12H2,1-2H3. The summed E-state index contributed by atoms with van der Waals surface area (Å²) in [4.78, 5) is 17.2. The van der Waals surface area contributed by atoms with Gasteiger partial charge in [0.2, 0.25) is 0 Å². The largest absolute Gasteiger partial charge is 0.353 e. The predicted molar refractivity (Wildman–Crippen MR) is 108 cm³/mol. The topological polar surface area (TPSA) is 67.2 Å². The Balaban J connectivity index is 1.57. The molecule has 0 saturated carbocycles. The van der Waals surface area contributed by atoms with Crippen molar-refractivity contribution in [2.75, 3.05) is 31.1 Å². The highest BCUT2D eigenvalue weighted by molar-refractivity contribution is 5.96. The molecule has 0 atom stereocenters. The first-order valence-electron chi connectivity index (χ1n) is 9.79. The third-order valence-electron chi connectivity index (χ3n) is 5.31. The zero-order valence-corrected chi connectivity index (χ0v) is 16.8. The van der Waals surface area contributed by atoms with Gasteiger partial charge in [-0.25, -0.2) is 13.5 Å². The van der Waals surface area contributed by atoms with E-state index >= 15 is 0 Å². The van der Waals surface area contributed by atoms with Gasteiger partial charge < -0.3 is 9.80 Å². The van der Waals surface area contributed by atoms with Gasteiger partial charge in [-0.2, -0.15) is 10.2 Å². The molecule has 0 N–H and O–H groups in total. The van der Waals surface area contributed by atoms with E-state index in [9.17, 15) is 13.6 Å². The molecule has 1 amide bonds. The number of hydrogen-bond acceptors (Lipinski definition) is 5. The summed E-state index contributed by atoms with van der Waals surface area (Å²) in [5.41, 5.74) is 1.60. The molecule has 3 heterocycles. The van der Waals surface area contributed by atoms with Crippen LogP contribution in [0.3, 0.4) is 0 Å². The minimum atomic E-state index is -0.728. The van der Waals surface area contributed by atoms with Crippen LogP contribution in [0.15, 0.2) is 36.5 Å². The van der Waals surface area contributed by atoms with Crippen molar-refractivity contribution in [2.24, 2.45) is 0 Å². The molecule has 0 spiro atoms. The lowest BCUT2D eigenvalue weighted by Gasteiger charge is -2.22. The van der Waals surface area contributed by atoms with E-state index in [1.54, 1.807) is 24.9 Å². The van der Waals surface area contributed by atoms with Crippen molar-refractivity contribution in [1.29, 1.82) is 0 Å². The molecule has 2 aromatic heterocycles. The fraction of sp³-hybridized carbons (Fsp3) is 0.333. The minimum absolute atomic E-state index is 0.112. The molecule has 1 aromatic carbocycles. The van der Waals surface area contributed by atoms with E-state index in [4.69, 9.17) is 0 Å². The second-order valence-corrected chi connectivity index (χ2v) is 7.27. The van der Waals surface area contributed by atoms with E-state index in [2.05, 4.69) is 20.2 Å². The van der Waals surface area contributed by atoms with Gasteiger partial charge in [0.25, 0.3) is 5.91 Å². The molecular formula is C21H22F2N6O. The highest BCUT2D eigenvalue weighted by Crippen LogP contribution is 2.23. The number of carbonyl (C=O) groups excluding carboxylic acids is 1. The number of benzene rings is 1. The summed E-state index contributed by atoms with van der Waals surface area (Å²) in [6, 6.07) is 7.05. The molecule has 156 valence electrons. The SMILES string of the molecule is Cc1nn(-c2ccc(F)cc2F)c(C)c1C(=O)N1CCCN(c2cccnn2)CC1. The average molecular weight is 412 g/mol. The molecule has 4 rings (SSSR count). The summed E-state index contributed by atoms with van der Waals surface area (Å²) in [7, 11) is 0. The van der Waals surface area contributed by atoms with Crippen LogP contribution in [0.2, 0.25) is 0 Å². The van der Waals surface area contributed by atoms with Gasteiger partial charge in [0.15, 0.2) is 11.6 Å². The van der Waals surface area contributed by atoms with Crippen LogP contribution >= 0.6 is 0 Å². The van der Waals surface area contributed by atoms with Gasteiger partial charge in [-0.3, -0.25) is 4.79 Å².